The highest BCUT2D eigenvalue weighted by molar-refractivity contribution is 5.81. The maximum Gasteiger partial charge on any atom is 0.373 e. The highest BCUT2D eigenvalue weighted by Crippen LogP contribution is 2.27. The van der Waals surface area contributed by atoms with Crippen LogP contribution in [0.2, 0.25) is 0 Å². The predicted molar refractivity (Wildman–Crippen MR) is 63.3 cm³/mol. The molecule has 1 saturated heterocycles. The number of aliphatic hydroxyl groups is 1. The van der Waals surface area contributed by atoms with Crippen molar-refractivity contribution in [3.63, 3.8) is 0 Å². The van der Waals surface area contributed by atoms with Crippen molar-refractivity contribution in [1.29, 1.82) is 0 Å². The number of carbonyl (C=O) groups is 1. The summed E-state index contributed by atoms with van der Waals surface area (Å²) in [5.41, 5.74) is -1.43. The van der Waals surface area contributed by atoms with E-state index in [-0.39, 0.29) is 25.1 Å². The van der Waals surface area contributed by atoms with E-state index in [0.29, 0.717) is 0 Å². The molecule has 1 rings (SSSR count). The Morgan fingerprint density at radius 2 is 1.95 bits per heavy atom. The van der Waals surface area contributed by atoms with Gasteiger partial charge < -0.3 is 14.6 Å². The number of carbonyl (C=O) groups excluding carboxylic acids is 3. The van der Waals surface area contributed by atoms with Gasteiger partial charge in [0.15, 0.2) is 5.60 Å². The van der Waals surface area contributed by atoms with E-state index in [0.717, 1.165) is 0 Å². The van der Waals surface area contributed by atoms with E-state index in [1.165, 1.54) is 0 Å². The lowest BCUT2D eigenvalue weighted by molar-refractivity contribution is -0.191. The van der Waals surface area contributed by atoms with E-state index in [9.17, 15) is 4.79 Å². The van der Waals surface area contributed by atoms with Crippen LogP contribution in [0, 0.1) is 17.3 Å². The molecule has 0 amide bonds. The maximum absolute atomic E-state index is 11.5. The molecule has 0 aromatic rings. The molecule has 106 valence electrons. The molecule has 0 unspecified atom stereocenters. The van der Waals surface area contributed by atoms with Crippen LogP contribution in [0.5, 0.6) is 0 Å². The van der Waals surface area contributed by atoms with Crippen LogP contribution in [0.1, 0.15) is 34.1 Å². The topological polar surface area (TPSA) is 89.9 Å². The molecule has 0 aliphatic carbocycles. The summed E-state index contributed by atoms with van der Waals surface area (Å²) in [5.74, 6) is 5.40. The van der Waals surface area contributed by atoms with E-state index in [1.807, 2.05) is 13.8 Å². The standard InChI is InChI=1S/C12H18O4.CO2/c1-9-15-10(14)12(4,16-9)7-5-6-11(2,3)8-13;2-1-3/h9,13H,7-8H2,1-4H3;/t9-,12-;/m0./s1. The molecule has 2 atom stereocenters. The summed E-state index contributed by atoms with van der Waals surface area (Å²) in [5, 5.41) is 9.02. The van der Waals surface area contributed by atoms with E-state index in [4.69, 9.17) is 24.2 Å². The van der Waals surface area contributed by atoms with Crippen molar-refractivity contribution in [2.24, 2.45) is 5.41 Å². The third-order valence-electron chi connectivity index (χ3n) is 2.38. The fraction of sp³-hybridized carbons (Fsp3) is 0.692. The van der Waals surface area contributed by atoms with Crippen molar-refractivity contribution in [2.75, 3.05) is 6.61 Å². The van der Waals surface area contributed by atoms with Crippen LogP contribution in [0.4, 0.5) is 0 Å². The molecule has 0 bridgehead atoms. The van der Waals surface area contributed by atoms with Crippen LogP contribution in [0.3, 0.4) is 0 Å². The molecule has 6 heteroatoms. The highest BCUT2D eigenvalue weighted by atomic mass is 16.8. The first-order chi connectivity index (χ1) is 8.70. The van der Waals surface area contributed by atoms with Gasteiger partial charge in [0.2, 0.25) is 6.29 Å². The first-order valence-corrected chi connectivity index (χ1v) is 5.70. The Balaban J connectivity index is 0.000000982. The number of esters is 1. The molecule has 0 aromatic heterocycles. The third kappa shape index (κ3) is 5.66. The van der Waals surface area contributed by atoms with Crippen molar-refractivity contribution in [3.05, 3.63) is 0 Å². The van der Waals surface area contributed by atoms with Crippen LogP contribution >= 0.6 is 0 Å². The van der Waals surface area contributed by atoms with Crippen molar-refractivity contribution in [3.8, 4) is 11.8 Å². The van der Waals surface area contributed by atoms with Crippen LogP contribution in [-0.4, -0.2) is 35.7 Å². The SMILES string of the molecule is C[C@H]1OC(=O)[C@](C)(CC#CC(C)(C)CO)O1.O=C=O. The maximum atomic E-state index is 11.5. The second-order valence-corrected chi connectivity index (χ2v) is 4.93. The van der Waals surface area contributed by atoms with Crippen molar-refractivity contribution in [2.45, 2.75) is 46.0 Å². The molecule has 0 radical (unpaired) electrons. The van der Waals surface area contributed by atoms with E-state index in [1.54, 1.807) is 13.8 Å². The zero-order valence-electron chi connectivity index (χ0n) is 11.5. The lowest BCUT2D eigenvalue weighted by atomic mass is 9.94. The van der Waals surface area contributed by atoms with Gasteiger partial charge in [-0.25, -0.2) is 4.79 Å². The molecule has 6 nitrogen and oxygen atoms in total. The molecular formula is C13H18O6. The van der Waals surface area contributed by atoms with Crippen LogP contribution < -0.4 is 0 Å². The Bertz CT molecular complexity index is 411. The lowest BCUT2D eigenvalue weighted by Gasteiger charge is -2.16. The molecule has 19 heavy (non-hydrogen) atoms. The first kappa shape index (κ1) is 17.3. The molecule has 1 heterocycles. The smallest absolute Gasteiger partial charge is 0.373 e. The van der Waals surface area contributed by atoms with E-state index in [2.05, 4.69) is 11.8 Å². The average molecular weight is 270 g/mol. The fourth-order valence-electron chi connectivity index (χ4n) is 1.32. The van der Waals surface area contributed by atoms with Crippen LogP contribution in [-0.2, 0) is 23.9 Å². The minimum Gasteiger partial charge on any atom is -0.434 e. The van der Waals surface area contributed by atoms with Crippen LogP contribution in [0.15, 0.2) is 0 Å². The Morgan fingerprint density at radius 3 is 2.32 bits per heavy atom. The van der Waals surface area contributed by atoms with Gasteiger partial charge >= 0.3 is 12.1 Å². The summed E-state index contributed by atoms with van der Waals surface area (Å²) in [6.45, 7) is 6.99. The Kier molecular flexibility index (Phi) is 6.43. The normalized spacial score (nSPS) is 25.3. The summed E-state index contributed by atoms with van der Waals surface area (Å²) in [4.78, 5) is 27.7. The summed E-state index contributed by atoms with van der Waals surface area (Å²) < 4.78 is 10.3. The second kappa shape index (κ2) is 7.05. The molecule has 1 aliphatic heterocycles. The predicted octanol–water partition coefficient (Wildman–Crippen LogP) is 0.493. The molecule has 0 aromatic carbocycles. The minimum absolute atomic E-state index is 0.0155. The Morgan fingerprint density at radius 1 is 1.42 bits per heavy atom. The zero-order valence-corrected chi connectivity index (χ0v) is 11.5. The number of ether oxygens (including phenoxy) is 2. The Hall–Kier alpha value is -1.67. The molecule has 0 spiro atoms. The number of rotatable bonds is 2. The van der Waals surface area contributed by atoms with Crippen molar-refractivity contribution >= 4 is 12.1 Å². The number of hydrogen-bond donors (Lipinski definition) is 1. The van der Waals surface area contributed by atoms with E-state index < -0.39 is 17.3 Å². The first-order valence-electron chi connectivity index (χ1n) is 5.70. The second-order valence-electron chi connectivity index (χ2n) is 4.93. The molecular weight excluding hydrogens is 252 g/mol. The number of cyclic esters (lactones) is 1. The summed E-state index contributed by atoms with van der Waals surface area (Å²) >= 11 is 0. The Labute approximate surface area is 112 Å². The van der Waals surface area contributed by atoms with Crippen molar-refractivity contribution < 1.29 is 29.0 Å². The van der Waals surface area contributed by atoms with Gasteiger partial charge in [0.1, 0.15) is 0 Å². The summed E-state index contributed by atoms with van der Waals surface area (Å²) in [7, 11) is 0. The monoisotopic (exact) mass is 270 g/mol. The number of aliphatic hydroxyl groups excluding tert-OH is 1. The van der Waals surface area contributed by atoms with Gasteiger partial charge in [-0.3, -0.25) is 0 Å². The summed E-state index contributed by atoms with van der Waals surface area (Å²) in [6.07, 6.45) is 0.0183. The molecule has 1 N–H and O–H groups in total. The lowest BCUT2D eigenvalue weighted by Crippen LogP contribution is -2.32. The van der Waals surface area contributed by atoms with Gasteiger partial charge in [-0.2, -0.15) is 9.59 Å². The third-order valence-corrected chi connectivity index (χ3v) is 2.38. The molecule has 0 saturated carbocycles. The quantitative estimate of drug-likeness (QED) is 0.580. The van der Waals surface area contributed by atoms with Gasteiger partial charge in [-0.1, -0.05) is 11.8 Å². The van der Waals surface area contributed by atoms with Crippen molar-refractivity contribution in [1.82, 2.24) is 0 Å². The molecule has 1 fully saturated rings. The van der Waals surface area contributed by atoms with Gasteiger partial charge in [0.05, 0.1) is 6.61 Å². The molecule has 1 aliphatic rings. The number of hydrogen-bond acceptors (Lipinski definition) is 6. The fourth-order valence-corrected chi connectivity index (χ4v) is 1.32. The zero-order chi connectivity index (χ0) is 15.1. The van der Waals surface area contributed by atoms with E-state index >= 15 is 0 Å². The highest BCUT2D eigenvalue weighted by Gasteiger charge is 2.44. The average Bonchev–Trinajstić information content (AvgIpc) is 2.53. The van der Waals surface area contributed by atoms with Gasteiger partial charge in [0, 0.05) is 11.8 Å². The van der Waals surface area contributed by atoms with Crippen LogP contribution in [0.25, 0.3) is 0 Å². The summed E-state index contributed by atoms with van der Waals surface area (Å²) in [6, 6.07) is 0. The largest absolute Gasteiger partial charge is 0.434 e. The van der Waals surface area contributed by atoms with Gasteiger partial charge in [0.25, 0.3) is 0 Å². The van der Waals surface area contributed by atoms with Gasteiger partial charge in [-0.05, 0) is 27.7 Å². The van der Waals surface area contributed by atoms with Gasteiger partial charge in [-0.15, -0.1) is 0 Å². The minimum atomic E-state index is -0.974.